The minimum Gasteiger partial charge on any atom is -0.486 e. The summed E-state index contributed by atoms with van der Waals surface area (Å²) in [5.41, 5.74) is 1.15. The van der Waals surface area contributed by atoms with Crippen LogP contribution in [0.1, 0.15) is 17.3 Å². The lowest BCUT2D eigenvalue weighted by atomic mass is 10.1. The molecular weight excluding hydrogens is 232 g/mol. The van der Waals surface area contributed by atoms with Gasteiger partial charge in [0.1, 0.15) is 13.2 Å². The molecule has 0 saturated heterocycles. The van der Waals surface area contributed by atoms with E-state index in [0.29, 0.717) is 18.0 Å². The predicted molar refractivity (Wildman–Crippen MR) is 54.8 cm³/mol. The molecule has 0 radical (unpaired) electrons. The third kappa shape index (κ3) is 1.66. The van der Waals surface area contributed by atoms with Crippen LogP contribution in [0.25, 0.3) is 0 Å². The number of halogens is 1. The Morgan fingerprint density at radius 1 is 1.31 bits per heavy atom. The minimum atomic E-state index is 0.296. The summed E-state index contributed by atoms with van der Waals surface area (Å²) in [6.45, 7) is 3.37. The first-order valence-corrected chi connectivity index (χ1v) is 5.23. The van der Waals surface area contributed by atoms with Gasteiger partial charge in [0.15, 0.2) is 11.5 Å². The smallest absolute Gasteiger partial charge is 0.165 e. The molecule has 2 rings (SSSR count). The summed E-state index contributed by atoms with van der Waals surface area (Å²) in [6.07, 6.45) is 0. The topological polar surface area (TPSA) is 18.5 Å². The van der Waals surface area contributed by atoms with Crippen LogP contribution in [-0.2, 0) is 0 Å². The van der Waals surface area contributed by atoms with E-state index in [-0.39, 0.29) is 0 Å². The molecule has 1 aliphatic heterocycles. The van der Waals surface area contributed by atoms with Crippen molar-refractivity contribution in [2.45, 2.75) is 11.8 Å². The molecule has 70 valence electrons. The second-order valence-corrected chi connectivity index (χ2v) is 4.36. The van der Waals surface area contributed by atoms with Gasteiger partial charge in [-0.1, -0.05) is 28.1 Å². The van der Waals surface area contributed by atoms with E-state index < -0.39 is 0 Å². The minimum absolute atomic E-state index is 0.296. The first-order chi connectivity index (χ1) is 6.29. The number of ether oxygens (including phenoxy) is 2. The maximum Gasteiger partial charge on any atom is 0.165 e. The van der Waals surface area contributed by atoms with Crippen molar-refractivity contribution in [1.82, 2.24) is 0 Å². The number of hydrogen-bond donors (Lipinski definition) is 0. The van der Waals surface area contributed by atoms with Gasteiger partial charge in [0, 0.05) is 10.4 Å². The van der Waals surface area contributed by atoms with Crippen LogP contribution in [0.2, 0.25) is 0 Å². The quantitative estimate of drug-likeness (QED) is 0.706. The molecule has 0 bridgehead atoms. The zero-order chi connectivity index (χ0) is 9.26. The molecule has 1 heterocycles. The van der Waals surface area contributed by atoms with Gasteiger partial charge in [0.2, 0.25) is 0 Å². The van der Waals surface area contributed by atoms with E-state index in [9.17, 15) is 0 Å². The summed E-state index contributed by atoms with van der Waals surface area (Å²) in [6, 6.07) is 5.97. The third-order valence-corrected chi connectivity index (χ3v) is 2.52. The van der Waals surface area contributed by atoms with Crippen molar-refractivity contribution < 1.29 is 9.47 Å². The number of para-hydroxylation sites is 1. The van der Waals surface area contributed by atoms with Gasteiger partial charge in [-0.2, -0.15) is 0 Å². The molecule has 3 heteroatoms. The Labute approximate surface area is 86.0 Å². The van der Waals surface area contributed by atoms with Crippen molar-refractivity contribution in [3.05, 3.63) is 23.8 Å². The molecule has 0 saturated carbocycles. The lowest BCUT2D eigenvalue weighted by molar-refractivity contribution is 0.170. The van der Waals surface area contributed by atoms with E-state index in [2.05, 4.69) is 22.9 Å². The van der Waals surface area contributed by atoms with Crippen LogP contribution in [0.15, 0.2) is 18.2 Å². The van der Waals surface area contributed by atoms with E-state index >= 15 is 0 Å². The molecule has 0 spiro atoms. The van der Waals surface area contributed by atoms with Crippen molar-refractivity contribution in [1.29, 1.82) is 0 Å². The lowest BCUT2D eigenvalue weighted by Crippen LogP contribution is -2.16. The summed E-state index contributed by atoms with van der Waals surface area (Å²) in [4.78, 5) is 0.296. The summed E-state index contributed by atoms with van der Waals surface area (Å²) in [5, 5.41) is 0. The Morgan fingerprint density at radius 2 is 2.08 bits per heavy atom. The molecule has 13 heavy (non-hydrogen) atoms. The molecule has 1 aromatic rings. The molecule has 0 aromatic heterocycles. The Bertz CT molecular complexity index is 310. The van der Waals surface area contributed by atoms with Gasteiger partial charge >= 0.3 is 0 Å². The SMILES string of the molecule is CC(Br)c1cccc2c1OCCO2. The van der Waals surface area contributed by atoms with Crippen LogP contribution in [0.4, 0.5) is 0 Å². The highest BCUT2D eigenvalue weighted by Gasteiger charge is 2.17. The van der Waals surface area contributed by atoms with Gasteiger partial charge in [0.05, 0.1) is 0 Å². The van der Waals surface area contributed by atoms with E-state index in [4.69, 9.17) is 9.47 Å². The Hall–Kier alpha value is -0.700. The number of hydrogen-bond acceptors (Lipinski definition) is 2. The molecule has 1 unspecified atom stereocenters. The van der Waals surface area contributed by atoms with Crippen molar-refractivity contribution in [3.63, 3.8) is 0 Å². The average molecular weight is 243 g/mol. The fourth-order valence-electron chi connectivity index (χ4n) is 1.41. The largest absolute Gasteiger partial charge is 0.486 e. The molecule has 1 atom stereocenters. The molecule has 2 nitrogen and oxygen atoms in total. The zero-order valence-electron chi connectivity index (χ0n) is 7.42. The highest BCUT2D eigenvalue weighted by molar-refractivity contribution is 9.09. The van der Waals surface area contributed by atoms with Gasteiger partial charge in [0.25, 0.3) is 0 Å². The Balaban J connectivity index is 2.46. The summed E-state index contributed by atoms with van der Waals surface area (Å²) >= 11 is 3.53. The first kappa shape index (κ1) is 8.88. The van der Waals surface area contributed by atoms with Crippen LogP contribution in [0, 0.1) is 0 Å². The van der Waals surface area contributed by atoms with Crippen LogP contribution in [0.3, 0.4) is 0 Å². The summed E-state index contributed by atoms with van der Waals surface area (Å²) in [7, 11) is 0. The Kier molecular flexibility index (Phi) is 2.44. The van der Waals surface area contributed by atoms with Crippen LogP contribution < -0.4 is 9.47 Å². The van der Waals surface area contributed by atoms with Crippen molar-refractivity contribution in [2.24, 2.45) is 0 Å². The fourth-order valence-corrected chi connectivity index (χ4v) is 1.77. The monoisotopic (exact) mass is 242 g/mol. The van der Waals surface area contributed by atoms with E-state index in [1.54, 1.807) is 0 Å². The van der Waals surface area contributed by atoms with E-state index in [1.165, 1.54) is 0 Å². The van der Waals surface area contributed by atoms with Gasteiger partial charge in [-0.25, -0.2) is 0 Å². The number of rotatable bonds is 1. The summed E-state index contributed by atoms with van der Waals surface area (Å²) < 4.78 is 11.0. The van der Waals surface area contributed by atoms with Crippen LogP contribution >= 0.6 is 15.9 Å². The Morgan fingerprint density at radius 3 is 2.85 bits per heavy atom. The third-order valence-electron chi connectivity index (χ3n) is 2.03. The molecular formula is C10H11BrO2. The molecule has 0 amide bonds. The molecule has 1 aliphatic rings. The van der Waals surface area contributed by atoms with Crippen molar-refractivity contribution >= 4 is 15.9 Å². The maximum absolute atomic E-state index is 5.56. The second-order valence-electron chi connectivity index (χ2n) is 2.99. The van der Waals surface area contributed by atoms with Gasteiger partial charge in [-0.15, -0.1) is 0 Å². The van der Waals surface area contributed by atoms with Gasteiger partial charge in [-0.3, -0.25) is 0 Å². The second kappa shape index (κ2) is 3.58. The van der Waals surface area contributed by atoms with Crippen LogP contribution in [-0.4, -0.2) is 13.2 Å². The van der Waals surface area contributed by atoms with Gasteiger partial charge in [-0.05, 0) is 13.0 Å². The van der Waals surface area contributed by atoms with Crippen molar-refractivity contribution in [3.8, 4) is 11.5 Å². The fraction of sp³-hybridized carbons (Fsp3) is 0.400. The molecule has 0 fully saturated rings. The molecule has 0 aliphatic carbocycles. The first-order valence-electron chi connectivity index (χ1n) is 4.31. The summed E-state index contributed by atoms with van der Waals surface area (Å²) in [5.74, 6) is 1.74. The van der Waals surface area contributed by atoms with Crippen LogP contribution in [0.5, 0.6) is 11.5 Å². The zero-order valence-corrected chi connectivity index (χ0v) is 9.00. The lowest BCUT2D eigenvalue weighted by Gasteiger charge is -2.21. The number of benzene rings is 1. The highest BCUT2D eigenvalue weighted by atomic mass is 79.9. The average Bonchev–Trinajstić information content (AvgIpc) is 2.17. The normalized spacial score (nSPS) is 16.8. The van der Waals surface area contributed by atoms with Gasteiger partial charge < -0.3 is 9.47 Å². The van der Waals surface area contributed by atoms with E-state index in [1.807, 2.05) is 18.2 Å². The number of alkyl halides is 1. The molecule has 1 aromatic carbocycles. The highest BCUT2D eigenvalue weighted by Crippen LogP contribution is 2.39. The molecule has 0 N–H and O–H groups in total. The van der Waals surface area contributed by atoms with Crippen molar-refractivity contribution in [2.75, 3.05) is 13.2 Å². The number of fused-ring (bicyclic) bond motifs is 1. The maximum atomic E-state index is 5.56. The van der Waals surface area contributed by atoms with E-state index in [0.717, 1.165) is 17.1 Å². The standard InChI is InChI=1S/C10H11BrO2/c1-7(11)8-3-2-4-9-10(8)13-6-5-12-9/h2-4,7H,5-6H2,1H3. The predicted octanol–water partition coefficient (Wildman–Crippen LogP) is 2.91.